The van der Waals surface area contributed by atoms with Crippen LogP contribution in [0.15, 0.2) is 12.3 Å². The summed E-state index contributed by atoms with van der Waals surface area (Å²) in [4.78, 5) is 0. The predicted octanol–water partition coefficient (Wildman–Crippen LogP) is 1.36. The van der Waals surface area contributed by atoms with E-state index in [-0.39, 0.29) is 22.9 Å². The van der Waals surface area contributed by atoms with Crippen molar-refractivity contribution in [3.8, 4) is 0 Å². The minimum Gasteiger partial charge on any atom is -0.382 e. The Labute approximate surface area is 66.4 Å². The molecule has 7 heteroatoms. The molecule has 0 aliphatic heterocycles. The second-order valence-corrected chi connectivity index (χ2v) is 1.65. The molecule has 0 fully saturated rings. The molecule has 0 amide bonds. The maximum Gasteiger partial charge on any atom is 0.504 e. The van der Waals surface area contributed by atoms with Gasteiger partial charge < -0.3 is 5.73 Å². The minimum atomic E-state index is -4.46. The molecule has 0 atom stereocenters. The summed E-state index contributed by atoms with van der Waals surface area (Å²) in [5.41, 5.74) is 4.94. The van der Waals surface area contributed by atoms with E-state index >= 15 is 0 Å². The Morgan fingerprint density at radius 2 is 2.00 bits per heavy atom. The Morgan fingerprint density at radius 3 is 2.18 bits per heavy atom. The topological polar surface area (TPSA) is 43.8 Å². The maximum absolute atomic E-state index is 11.6. The molecule has 0 aliphatic rings. The first-order valence-corrected chi connectivity index (χ1v) is 2.38. The fourth-order valence-electron chi connectivity index (χ4n) is 0.479. The third-order valence-electron chi connectivity index (χ3n) is 0.869. The Balaban J connectivity index is 0.000001000. The molecule has 0 aliphatic carbocycles. The van der Waals surface area contributed by atoms with E-state index in [0.717, 1.165) is 12.3 Å². The van der Waals surface area contributed by atoms with E-state index in [2.05, 4.69) is 5.10 Å². The summed E-state index contributed by atoms with van der Waals surface area (Å²) in [6, 6.07) is 1.08. The zero-order valence-electron chi connectivity index (χ0n) is 5.17. The molecule has 2 N–H and O–H groups in total. The molecule has 0 unspecified atom stereocenters. The Kier molecular flexibility index (Phi) is 2.75. The van der Waals surface area contributed by atoms with E-state index in [4.69, 9.17) is 5.73 Å². The lowest BCUT2D eigenvalue weighted by Crippen LogP contribution is -2.17. The van der Waals surface area contributed by atoms with Crippen molar-refractivity contribution in [1.82, 2.24) is 9.78 Å². The van der Waals surface area contributed by atoms with Crippen molar-refractivity contribution in [2.45, 2.75) is 6.30 Å². The Bertz CT molecular complexity index is 231. The summed E-state index contributed by atoms with van der Waals surface area (Å²) in [6.07, 6.45) is -3.70. The molecule has 1 aromatic rings. The van der Waals surface area contributed by atoms with Crippen molar-refractivity contribution in [1.29, 1.82) is 0 Å². The van der Waals surface area contributed by atoms with Crippen LogP contribution in [-0.4, -0.2) is 9.78 Å². The SMILES string of the molecule is Cl.Nc1ccn(C(F)(F)F)n1. The molecule has 64 valence electrons. The molecule has 0 bridgehead atoms. The molecule has 1 rings (SSSR count). The van der Waals surface area contributed by atoms with Crippen molar-refractivity contribution in [2.75, 3.05) is 5.73 Å². The molecule has 1 heterocycles. The van der Waals surface area contributed by atoms with Gasteiger partial charge in [0, 0.05) is 12.3 Å². The summed E-state index contributed by atoms with van der Waals surface area (Å²) >= 11 is 0. The first-order valence-electron chi connectivity index (χ1n) is 2.38. The molecule has 0 saturated heterocycles. The quantitative estimate of drug-likeness (QED) is 0.667. The van der Waals surface area contributed by atoms with Crippen LogP contribution in [0.4, 0.5) is 19.0 Å². The molecular weight excluding hydrogens is 183 g/mol. The first kappa shape index (κ1) is 10.1. The van der Waals surface area contributed by atoms with Crippen LogP contribution in [0.3, 0.4) is 0 Å². The normalized spacial score (nSPS) is 10.8. The standard InChI is InChI=1S/C4H4F3N3.ClH/c5-4(6,7)10-2-1-3(8)9-10;/h1-2H,(H2,8,9);1H. The predicted molar refractivity (Wildman–Crippen MR) is 35.2 cm³/mol. The third-order valence-corrected chi connectivity index (χ3v) is 0.869. The summed E-state index contributed by atoms with van der Waals surface area (Å²) in [5.74, 6) is -0.141. The summed E-state index contributed by atoms with van der Waals surface area (Å²) < 4.78 is 34.8. The van der Waals surface area contributed by atoms with Gasteiger partial charge in [-0.1, -0.05) is 0 Å². The van der Waals surface area contributed by atoms with Crippen LogP contribution in [0.5, 0.6) is 0 Å². The molecule has 0 aromatic carbocycles. The van der Waals surface area contributed by atoms with Gasteiger partial charge in [-0.25, -0.2) is 0 Å². The van der Waals surface area contributed by atoms with Crippen LogP contribution in [0, 0.1) is 0 Å². The molecule has 0 radical (unpaired) electrons. The number of rotatable bonds is 0. The fraction of sp³-hybridized carbons (Fsp3) is 0.250. The van der Waals surface area contributed by atoms with Gasteiger partial charge in [-0.15, -0.1) is 30.7 Å². The second kappa shape index (κ2) is 3.00. The highest BCUT2D eigenvalue weighted by Crippen LogP contribution is 2.20. The van der Waals surface area contributed by atoms with Crippen molar-refractivity contribution in [3.05, 3.63) is 12.3 Å². The van der Waals surface area contributed by atoms with Crippen molar-refractivity contribution >= 4 is 18.2 Å². The minimum absolute atomic E-state index is 0. The lowest BCUT2D eigenvalue weighted by Gasteiger charge is -2.03. The van der Waals surface area contributed by atoms with E-state index in [1.54, 1.807) is 0 Å². The smallest absolute Gasteiger partial charge is 0.382 e. The van der Waals surface area contributed by atoms with E-state index in [1.807, 2.05) is 0 Å². The molecule has 0 saturated carbocycles. The van der Waals surface area contributed by atoms with Crippen LogP contribution < -0.4 is 5.73 Å². The second-order valence-electron chi connectivity index (χ2n) is 1.65. The molecular formula is C4H5ClF3N3. The summed E-state index contributed by atoms with van der Waals surface area (Å²) in [5, 5.41) is 2.95. The van der Waals surface area contributed by atoms with E-state index in [0.29, 0.717) is 0 Å². The number of alkyl halides is 3. The van der Waals surface area contributed by atoms with Crippen LogP contribution >= 0.6 is 12.4 Å². The van der Waals surface area contributed by atoms with Gasteiger partial charge in [-0.3, -0.25) is 0 Å². The highest BCUT2D eigenvalue weighted by atomic mass is 35.5. The molecule has 11 heavy (non-hydrogen) atoms. The van der Waals surface area contributed by atoms with Crippen LogP contribution in [-0.2, 0) is 6.30 Å². The van der Waals surface area contributed by atoms with Gasteiger partial charge in [0.25, 0.3) is 0 Å². The lowest BCUT2D eigenvalue weighted by atomic mass is 10.7. The van der Waals surface area contributed by atoms with Gasteiger partial charge in [0.2, 0.25) is 0 Å². The average molecular weight is 188 g/mol. The Hall–Kier alpha value is -0.910. The third kappa shape index (κ3) is 2.30. The van der Waals surface area contributed by atoms with Gasteiger partial charge in [-0.05, 0) is 0 Å². The zero-order valence-corrected chi connectivity index (χ0v) is 5.99. The van der Waals surface area contributed by atoms with E-state index < -0.39 is 6.30 Å². The number of nitrogen functional groups attached to an aromatic ring is 1. The average Bonchev–Trinajstić information content (AvgIpc) is 2.11. The van der Waals surface area contributed by atoms with Gasteiger partial charge in [-0.2, -0.15) is 4.68 Å². The largest absolute Gasteiger partial charge is 0.504 e. The number of hydrogen-bond donors (Lipinski definition) is 1. The number of anilines is 1. The Morgan fingerprint density at radius 1 is 1.45 bits per heavy atom. The van der Waals surface area contributed by atoms with Crippen molar-refractivity contribution in [2.24, 2.45) is 0 Å². The highest BCUT2D eigenvalue weighted by Gasteiger charge is 2.31. The zero-order chi connectivity index (χ0) is 7.78. The van der Waals surface area contributed by atoms with Crippen LogP contribution in [0.25, 0.3) is 0 Å². The van der Waals surface area contributed by atoms with Gasteiger partial charge in [0.05, 0.1) is 0 Å². The molecule has 0 spiro atoms. The van der Waals surface area contributed by atoms with Crippen molar-refractivity contribution < 1.29 is 13.2 Å². The van der Waals surface area contributed by atoms with Gasteiger partial charge >= 0.3 is 6.30 Å². The first-order chi connectivity index (χ1) is 4.50. The van der Waals surface area contributed by atoms with Crippen LogP contribution in [0.1, 0.15) is 0 Å². The fourth-order valence-corrected chi connectivity index (χ4v) is 0.479. The summed E-state index contributed by atoms with van der Waals surface area (Å²) in [7, 11) is 0. The van der Waals surface area contributed by atoms with E-state index in [1.165, 1.54) is 0 Å². The van der Waals surface area contributed by atoms with Gasteiger partial charge in [0.15, 0.2) is 0 Å². The number of halogens is 4. The molecule has 3 nitrogen and oxygen atoms in total. The van der Waals surface area contributed by atoms with E-state index in [9.17, 15) is 13.2 Å². The van der Waals surface area contributed by atoms with Crippen LogP contribution in [0.2, 0.25) is 0 Å². The number of nitrogens with zero attached hydrogens (tertiary/aromatic N) is 2. The summed E-state index contributed by atoms with van der Waals surface area (Å²) in [6.45, 7) is 0. The van der Waals surface area contributed by atoms with Gasteiger partial charge in [0.1, 0.15) is 5.82 Å². The van der Waals surface area contributed by atoms with Crippen molar-refractivity contribution in [3.63, 3.8) is 0 Å². The lowest BCUT2D eigenvalue weighted by molar-refractivity contribution is -0.212. The highest BCUT2D eigenvalue weighted by molar-refractivity contribution is 5.85. The monoisotopic (exact) mass is 187 g/mol. The molecule has 1 aromatic heterocycles. The number of hydrogen-bond acceptors (Lipinski definition) is 2. The number of nitrogens with two attached hydrogens (primary N) is 1. The number of aromatic nitrogens is 2. The maximum atomic E-state index is 11.6.